The Balaban J connectivity index is 1.16. The van der Waals surface area contributed by atoms with Crippen LogP contribution in [0.3, 0.4) is 0 Å². The van der Waals surface area contributed by atoms with E-state index >= 15 is 0 Å². The molecule has 2 aliphatic rings. The number of aliphatic hydroxyl groups is 1. The van der Waals surface area contributed by atoms with E-state index in [0.29, 0.717) is 6.61 Å². The molecule has 2 saturated heterocycles. The number of aliphatic hydroxyl groups excluding tert-OH is 1. The first kappa shape index (κ1) is 51.7. The molecule has 1 N–H and O–H groups in total. The summed E-state index contributed by atoms with van der Waals surface area (Å²) in [6, 6.07) is 58.7. The molecular weight excluding hydrogens is 901 g/mol. The van der Waals surface area contributed by atoms with Crippen LogP contribution in [-0.4, -0.2) is 85.7 Å². The van der Waals surface area contributed by atoms with Crippen LogP contribution in [0.4, 0.5) is 0 Å². The Morgan fingerprint density at radius 2 is 0.732 bits per heavy atom. The first-order chi connectivity index (χ1) is 34.7. The predicted molar refractivity (Wildman–Crippen MR) is 266 cm³/mol. The van der Waals surface area contributed by atoms with E-state index in [4.69, 9.17) is 47.4 Å². The molecule has 0 aromatic heterocycles. The van der Waals surface area contributed by atoms with Gasteiger partial charge in [0.1, 0.15) is 42.7 Å². The smallest absolute Gasteiger partial charge is 0.311 e. The molecule has 6 aromatic carbocycles. The maximum atomic E-state index is 14.2. The lowest BCUT2D eigenvalue weighted by Gasteiger charge is -2.49. The predicted octanol–water partition coefficient (Wildman–Crippen LogP) is 9.55. The van der Waals surface area contributed by atoms with Crippen molar-refractivity contribution in [3.63, 3.8) is 0 Å². The number of benzene rings is 6. The van der Waals surface area contributed by atoms with Gasteiger partial charge in [0.2, 0.25) is 0 Å². The average molecular weight is 967 g/mol. The van der Waals surface area contributed by atoms with Crippen LogP contribution in [0.5, 0.6) is 0 Å². The first-order valence-corrected chi connectivity index (χ1v) is 24.4. The Morgan fingerprint density at radius 3 is 1.08 bits per heavy atom. The van der Waals surface area contributed by atoms with Crippen molar-refractivity contribution in [2.75, 3.05) is 13.2 Å². The van der Waals surface area contributed by atoms with E-state index in [9.17, 15) is 9.90 Å². The number of hydrogen-bond acceptors (Lipinski definition) is 12. The van der Waals surface area contributed by atoms with Crippen LogP contribution in [-0.2, 0) is 91.8 Å². The van der Waals surface area contributed by atoms with E-state index in [1.165, 1.54) is 0 Å². The minimum atomic E-state index is -1.59. The average Bonchev–Trinajstić information content (AvgIpc) is 3.39. The van der Waals surface area contributed by atoms with E-state index in [2.05, 4.69) is 0 Å². The molecule has 71 heavy (non-hydrogen) atoms. The lowest BCUT2D eigenvalue weighted by Crippen LogP contribution is -2.66. The number of rotatable bonds is 23. The molecule has 2 aliphatic heterocycles. The summed E-state index contributed by atoms with van der Waals surface area (Å²) in [4.78, 5) is 14.2. The fraction of sp³-hybridized carbons (Fsp3) is 0.373. The normalized spacial score (nSPS) is 24.6. The van der Waals surface area contributed by atoms with Crippen molar-refractivity contribution in [2.24, 2.45) is 5.41 Å². The molecule has 8 rings (SSSR count). The molecule has 0 unspecified atom stereocenters. The highest BCUT2D eigenvalue weighted by molar-refractivity contribution is 5.75. The molecule has 6 aromatic rings. The van der Waals surface area contributed by atoms with Crippen molar-refractivity contribution in [2.45, 2.75) is 122 Å². The molecule has 0 bridgehead atoms. The number of carbonyl (C=O) groups excluding carboxylic acids is 1. The topological polar surface area (TPSA) is 130 Å². The summed E-state index contributed by atoms with van der Waals surface area (Å²) < 4.78 is 67.1. The van der Waals surface area contributed by atoms with E-state index < -0.39 is 72.8 Å². The molecule has 12 heteroatoms. The zero-order valence-corrected chi connectivity index (χ0v) is 40.7. The van der Waals surface area contributed by atoms with Gasteiger partial charge in [0.05, 0.1) is 58.3 Å². The summed E-state index contributed by atoms with van der Waals surface area (Å²) in [6.45, 7) is 6.70. The van der Waals surface area contributed by atoms with Gasteiger partial charge in [0.25, 0.3) is 0 Å². The number of ether oxygens (including phenoxy) is 10. The second-order valence-corrected chi connectivity index (χ2v) is 18.9. The summed E-state index contributed by atoms with van der Waals surface area (Å²) >= 11 is 0. The van der Waals surface area contributed by atoms with Crippen LogP contribution in [0.25, 0.3) is 0 Å². The van der Waals surface area contributed by atoms with Gasteiger partial charge in [0, 0.05) is 0 Å². The Labute approximate surface area is 417 Å². The highest BCUT2D eigenvalue weighted by atomic mass is 16.8. The number of carbonyl (C=O) groups is 1. The third-order valence-electron chi connectivity index (χ3n) is 12.3. The van der Waals surface area contributed by atoms with Crippen LogP contribution >= 0.6 is 0 Å². The highest BCUT2D eigenvalue weighted by Gasteiger charge is 2.55. The molecule has 374 valence electrons. The molecule has 0 radical (unpaired) electrons. The standard InChI is InChI=1S/C59H66O12/c1-59(2,3)58(61)71-55-53(67-39-47-32-20-9-21-33-47)51(65-37-45-28-16-7-17-29-45)49(41-63-35-43-24-12-5-13-25-43)69-57(55)70-54-52(66-38-46-30-18-8-19-31-46)50(64-36-44-26-14-6-15-27-44)48(68-56(54)60)40-62-34-42-22-10-4-11-23-42/h4-33,48-57,60H,34-41H2,1-3H3/t48-,49-,50-,51-,52+,53+,54-,55+,56-,57-/m1/s1. The van der Waals surface area contributed by atoms with Crippen molar-refractivity contribution in [1.29, 1.82) is 0 Å². The lowest BCUT2D eigenvalue weighted by atomic mass is 9.94. The monoisotopic (exact) mass is 966 g/mol. The van der Waals surface area contributed by atoms with Gasteiger partial charge in [0.15, 0.2) is 18.7 Å². The van der Waals surface area contributed by atoms with Gasteiger partial charge < -0.3 is 52.5 Å². The summed E-state index contributed by atoms with van der Waals surface area (Å²) in [5.74, 6) is -0.523. The number of hydrogen-bond donors (Lipinski definition) is 1. The molecule has 0 spiro atoms. The van der Waals surface area contributed by atoms with Crippen LogP contribution in [0.1, 0.15) is 54.2 Å². The fourth-order valence-corrected chi connectivity index (χ4v) is 8.46. The van der Waals surface area contributed by atoms with Gasteiger partial charge in [-0.2, -0.15) is 0 Å². The molecule has 0 saturated carbocycles. The van der Waals surface area contributed by atoms with Crippen LogP contribution in [0.15, 0.2) is 182 Å². The zero-order chi connectivity index (χ0) is 49.3. The second kappa shape index (κ2) is 26.2. The van der Waals surface area contributed by atoms with Crippen LogP contribution in [0, 0.1) is 5.41 Å². The third kappa shape index (κ3) is 15.2. The molecule has 2 heterocycles. The Bertz CT molecular complexity index is 2420. The van der Waals surface area contributed by atoms with Gasteiger partial charge >= 0.3 is 5.97 Å². The Kier molecular flexibility index (Phi) is 19.1. The quantitative estimate of drug-likeness (QED) is 0.0614. The Hall–Kier alpha value is -5.61. The third-order valence-corrected chi connectivity index (χ3v) is 12.3. The Morgan fingerprint density at radius 1 is 0.423 bits per heavy atom. The van der Waals surface area contributed by atoms with Crippen LogP contribution in [0.2, 0.25) is 0 Å². The summed E-state index contributed by atoms with van der Waals surface area (Å²) in [6.07, 6.45) is -10.8. The minimum absolute atomic E-state index is 0.0423. The van der Waals surface area contributed by atoms with Crippen LogP contribution < -0.4 is 0 Å². The van der Waals surface area contributed by atoms with Crippen molar-refractivity contribution >= 4 is 5.97 Å². The molecule has 0 aliphatic carbocycles. The van der Waals surface area contributed by atoms with Gasteiger partial charge in [-0.25, -0.2) is 0 Å². The van der Waals surface area contributed by atoms with Gasteiger partial charge in [-0.3, -0.25) is 4.79 Å². The molecular formula is C59H66O12. The maximum absolute atomic E-state index is 14.2. The molecule has 0 amide bonds. The lowest BCUT2D eigenvalue weighted by molar-refractivity contribution is -0.375. The highest BCUT2D eigenvalue weighted by Crippen LogP contribution is 2.37. The molecule has 10 atom stereocenters. The SMILES string of the molecule is CC(C)(C)C(=O)O[C@@H]1[C@@H](O[C@@H]2[C@@H](OCc3ccccc3)[C@H](OCc3ccccc3)[C@@H](COCc3ccccc3)O[C@H]2O)O[C@H](COCc2ccccc2)[C@@H](OCc2ccccc2)[C@@H]1OCc1ccccc1. The fourth-order valence-electron chi connectivity index (χ4n) is 8.46. The molecule has 2 fully saturated rings. The van der Waals surface area contributed by atoms with Gasteiger partial charge in [-0.1, -0.05) is 182 Å². The van der Waals surface area contributed by atoms with Gasteiger partial charge in [-0.05, 0) is 54.2 Å². The van der Waals surface area contributed by atoms with Crippen molar-refractivity contribution < 1.29 is 57.3 Å². The number of esters is 1. The first-order valence-electron chi connectivity index (χ1n) is 24.4. The van der Waals surface area contributed by atoms with E-state index in [0.717, 1.165) is 33.4 Å². The van der Waals surface area contributed by atoms with Crippen molar-refractivity contribution in [1.82, 2.24) is 0 Å². The zero-order valence-electron chi connectivity index (χ0n) is 40.7. The van der Waals surface area contributed by atoms with E-state index in [1.54, 1.807) is 20.8 Å². The second-order valence-electron chi connectivity index (χ2n) is 18.9. The summed E-state index contributed by atoms with van der Waals surface area (Å²) in [5, 5.41) is 12.3. The minimum Gasteiger partial charge on any atom is -0.454 e. The summed E-state index contributed by atoms with van der Waals surface area (Å²) in [7, 11) is 0. The van der Waals surface area contributed by atoms with E-state index in [-0.39, 0.29) is 46.2 Å². The van der Waals surface area contributed by atoms with Crippen molar-refractivity contribution in [3.8, 4) is 0 Å². The van der Waals surface area contributed by atoms with E-state index in [1.807, 2.05) is 182 Å². The van der Waals surface area contributed by atoms with Crippen molar-refractivity contribution in [3.05, 3.63) is 215 Å². The largest absolute Gasteiger partial charge is 0.454 e. The molecule has 12 nitrogen and oxygen atoms in total. The maximum Gasteiger partial charge on any atom is 0.311 e. The van der Waals surface area contributed by atoms with Gasteiger partial charge in [-0.15, -0.1) is 0 Å². The summed E-state index contributed by atoms with van der Waals surface area (Å²) in [5.41, 5.74) is 4.63.